The Morgan fingerprint density at radius 1 is 0.955 bits per heavy atom. The molecule has 1 N–H and O–H groups in total. The van der Waals surface area contributed by atoms with E-state index in [0.29, 0.717) is 17.8 Å². The molecule has 0 heterocycles. The lowest BCUT2D eigenvalue weighted by Gasteiger charge is -2.57. The predicted octanol–water partition coefficient (Wildman–Crippen LogP) is 6.02. The highest BCUT2D eigenvalue weighted by atomic mass is 17.1. The molecule has 2 aliphatic carbocycles. The maximum Gasteiger partial charge on any atom is 0.0991 e. The van der Waals surface area contributed by atoms with Crippen molar-refractivity contribution in [3.8, 4) is 0 Å². The normalized spacial score (nSPS) is 43.8. The Balaban J connectivity index is 2.38. The van der Waals surface area contributed by atoms with Crippen molar-refractivity contribution >= 4 is 0 Å². The van der Waals surface area contributed by atoms with E-state index in [1.807, 2.05) is 0 Å². The van der Waals surface area contributed by atoms with Crippen molar-refractivity contribution in [1.82, 2.24) is 0 Å². The maximum atomic E-state index is 9.71. The fourth-order valence-corrected chi connectivity index (χ4v) is 5.83. The standard InChI is InChI=1S/C20H38O2/c1-13(2)17-8-7-15(5)11-18(17)20(14(3)4)10-9-16(6)12-19(20)22-21/h13-19,21H,7-12H2,1-6H3. The summed E-state index contributed by atoms with van der Waals surface area (Å²) in [6, 6.07) is 0. The summed E-state index contributed by atoms with van der Waals surface area (Å²) in [5.74, 6) is 4.25. The molecule has 130 valence electrons. The van der Waals surface area contributed by atoms with Crippen LogP contribution < -0.4 is 0 Å². The lowest BCUT2D eigenvalue weighted by molar-refractivity contribution is -0.331. The molecule has 6 atom stereocenters. The molecule has 0 aliphatic heterocycles. The third-order valence-electron chi connectivity index (χ3n) is 7.20. The third kappa shape index (κ3) is 3.24. The van der Waals surface area contributed by atoms with Gasteiger partial charge in [-0.15, -0.1) is 0 Å². The van der Waals surface area contributed by atoms with Gasteiger partial charge in [0.25, 0.3) is 0 Å². The Kier molecular flexibility index (Phi) is 5.99. The molecule has 0 aromatic carbocycles. The highest BCUT2D eigenvalue weighted by Gasteiger charge is 2.54. The average molecular weight is 311 g/mol. The molecule has 2 nitrogen and oxygen atoms in total. The molecule has 0 aromatic heterocycles. The van der Waals surface area contributed by atoms with Gasteiger partial charge in [0.2, 0.25) is 0 Å². The average Bonchev–Trinajstić information content (AvgIpc) is 2.46. The first kappa shape index (κ1) is 18.3. The maximum absolute atomic E-state index is 9.71. The molecule has 2 fully saturated rings. The quantitative estimate of drug-likeness (QED) is 0.508. The van der Waals surface area contributed by atoms with Crippen LogP contribution >= 0.6 is 0 Å². The molecule has 2 heteroatoms. The molecule has 6 unspecified atom stereocenters. The second-order valence-corrected chi connectivity index (χ2v) is 9.17. The zero-order valence-electron chi connectivity index (χ0n) is 15.6. The molecular weight excluding hydrogens is 272 g/mol. The molecule has 0 saturated heterocycles. The van der Waals surface area contributed by atoms with Crippen LogP contribution in [0.4, 0.5) is 0 Å². The van der Waals surface area contributed by atoms with E-state index in [9.17, 15) is 5.26 Å². The van der Waals surface area contributed by atoms with Crippen molar-refractivity contribution < 1.29 is 10.1 Å². The van der Waals surface area contributed by atoms with Crippen molar-refractivity contribution in [2.24, 2.45) is 40.9 Å². The van der Waals surface area contributed by atoms with Gasteiger partial charge >= 0.3 is 0 Å². The first-order valence-corrected chi connectivity index (χ1v) is 9.63. The minimum absolute atomic E-state index is 0.0211. The topological polar surface area (TPSA) is 29.5 Å². The van der Waals surface area contributed by atoms with Gasteiger partial charge in [-0.1, -0.05) is 48.0 Å². The van der Waals surface area contributed by atoms with E-state index in [0.717, 1.165) is 24.2 Å². The van der Waals surface area contributed by atoms with E-state index in [2.05, 4.69) is 41.5 Å². The molecule has 0 bridgehead atoms. The van der Waals surface area contributed by atoms with E-state index >= 15 is 0 Å². The summed E-state index contributed by atoms with van der Waals surface area (Å²) in [5, 5.41) is 9.71. The van der Waals surface area contributed by atoms with E-state index in [1.165, 1.54) is 32.1 Å². The predicted molar refractivity (Wildman–Crippen MR) is 92.6 cm³/mol. The molecule has 0 amide bonds. The number of rotatable bonds is 4. The van der Waals surface area contributed by atoms with Crippen molar-refractivity contribution in [3.05, 3.63) is 0 Å². The summed E-state index contributed by atoms with van der Waals surface area (Å²) in [5.41, 5.74) is 0.158. The summed E-state index contributed by atoms with van der Waals surface area (Å²) >= 11 is 0. The van der Waals surface area contributed by atoms with Crippen molar-refractivity contribution in [2.45, 2.75) is 86.2 Å². The number of hydrogen-bond donors (Lipinski definition) is 1. The molecule has 22 heavy (non-hydrogen) atoms. The lowest BCUT2D eigenvalue weighted by Crippen LogP contribution is -2.54. The molecule has 2 saturated carbocycles. The minimum atomic E-state index is 0.0211. The van der Waals surface area contributed by atoms with Gasteiger partial charge in [0.1, 0.15) is 0 Å². The van der Waals surface area contributed by atoms with Gasteiger partial charge in [-0.25, -0.2) is 4.89 Å². The highest BCUT2D eigenvalue weighted by Crippen LogP contribution is 2.58. The van der Waals surface area contributed by atoms with Gasteiger partial charge in [-0.05, 0) is 67.6 Å². The van der Waals surface area contributed by atoms with Crippen LogP contribution in [-0.4, -0.2) is 11.4 Å². The zero-order chi connectivity index (χ0) is 16.5. The molecule has 0 aromatic rings. The van der Waals surface area contributed by atoms with E-state index < -0.39 is 0 Å². The first-order chi connectivity index (χ1) is 10.3. The third-order valence-corrected chi connectivity index (χ3v) is 7.20. The van der Waals surface area contributed by atoms with Gasteiger partial charge in [0, 0.05) is 5.41 Å². The summed E-state index contributed by atoms with van der Waals surface area (Å²) in [6.07, 6.45) is 7.58. The Morgan fingerprint density at radius 2 is 1.59 bits per heavy atom. The van der Waals surface area contributed by atoms with Crippen LogP contribution in [0.25, 0.3) is 0 Å². The van der Waals surface area contributed by atoms with Gasteiger partial charge < -0.3 is 0 Å². The lowest BCUT2D eigenvalue weighted by atomic mass is 9.50. The van der Waals surface area contributed by atoms with Crippen LogP contribution in [0, 0.1) is 40.9 Å². The smallest absolute Gasteiger partial charge is 0.0991 e. The molecule has 0 radical (unpaired) electrons. The molecule has 2 rings (SSSR count). The van der Waals surface area contributed by atoms with Crippen molar-refractivity contribution in [3.63, 3.8) is 0 Å². The summed E-state index contributed by atoms with van der Waals surface area (Å²) in [4.78, 5) is 5.16. The van der Waals surface area contributed by atoms with E-state index in [1.54, 1.807) is 0 Å². The summed E-state index contributed by atoms with van der Waals surface area (Å²) in [6.45, 7) is 14.2. The van der Waals surface area contributed by atoms with Crippen LogP contribution in [0.5, 0.6) is 0 Å². The monoisotopic (exact) mass is 310 g/mol. The Bertz CT molecular complexity index is 352. The van der Waals surface area contributed by atoms with Crippen LogP contribution in [-0.2, 0) is 4.89 Å². The minimum Gasteiger partial charge on any atom is -0.252 e. The second-order valence-electron chi connectivity index (χ2n) is 9.17. The van der Waals surface area contributed by atoms with Gasteiger partial charge in [0.15, 0.2) is 0 Å². The highest BCUT2D eigenvalue weighted by molar-refractivity contribution is 5.02. The van der Waals surface area contributed by atoms with Crippen LogP contribution in [0.15, 0.2) is 0 Å². The Hall–Kier alpha value is -0.0800. The first-order valence-electron chi connectivity index (χ1n) is 9.63. The molecule has 0 spiro atoms. The summed E-state index contributed by atoms with van der Waals surface area (Å²) < 4.78 is 0. The molecular formula is C20H38O2. The van der Waals surface area contributed by atoms with Crippen LogP contribution in [0.2, 0.25) is 0 Å². The van der Waals surface area contributed by atoms with Crippen LogP contribution in [0.3, 0.4) is 0 Å². The zero-order valence-corrected chi connectivity index (χ0v) is 15.6. The SMILES string of the molecule is CC1CCC(C(C)C)(C2CC(C)CCC2C(C)C)C(OO)C1. The fraction of sp³-hybridized carbons (Fsp3) is 1.00. The van der Waals surface area contributed by atoms with Crippen molar-refractivity contribution in [2.75, 3.05) is 0 Å². The van der Waals surface area contributed by atoms with E-state index in [-0.39, 0.29) is 11.5 Å². The number of hydrogen-bond acceptors (Lipinski definition) is 2. The van der Waals surface area contributed by atoms with E-state index in [4.69, 9.17) is 4.89 Å². The fourth-order valence-electron chi connectivity index (χ4n) is 5.83. The van der Waals surface area contributed by atoms with Gasteiger partial charge in [0.05, 0.1) is 6.10 Å². The summed E-state index contributed by atoms with van der Waals surface area (Å²) in [7, 11) is 0. The Labute approximate surface area is 137 Å². The largest absolute Gasteiger partial charge is 0.252 e. The Morgan fingerprint density at radius 3 is 2.14 bits per heavy atom. The van der Waals surface area contributed by atoms with Gasteiger partial charge in [-0.3, -0.25) is 5.26 Å². The van der Waals surface area contributed by atoms with Crippen LogP contribution in [0.1, 0.15) is 80.1 Å². The second kappa shape index (κ2) is 7.21. The van der Waals surface area contributed by atoms with Gasteiger partial charge in [-0.2, -0.15) is 0 Å². The van der Waals surface area contributed by atoms with Crippen molar-refractivity contribution in [1.29, 1.82) is 0 Å². The molecule has 2 aliphatic rings.